The molecule has 0 N–H and O–H groups in total. The third-order valence-electron chi connectivity index (χ3n) is 12.2. The Kier molecular flexibility index (Phi) is 51.8. The second-order valence-corrected chi connectivity index (χ2v) is 18.5. The SMILES string of the molecule is CC/C=C\C/C=C\C/C=C\CCCCCCCCOCC(COC(=O)CCCCCCCCCCCCCCCCCCCCC)OC(=O)CCCCCCCCCCCCC. The Hall–Kier alpha value is -1.88. The van der Waals surface area contributed by atoms with E-state index >= 15 is 0 Å². The van der Waals surface area contributed by atoms with Crippen LogP contribution in [0.3, 0.4) is 0 Å². The van der Waals surface area contributed by atoms with Gasteiger partial charge < -0.3 is 14.2 Å². The highest BCUT2D eigenvalue weighted by atomic mass is 16.6. The van der Waals surface area contributed by atoms with Crippen LogP contribution in [-0.4, -0.2) is 37.9 Å². The summed E-state index contributed by atoms with van der Waals surface area (Å²) in [6, 6.07) is 0. The summed E-state index contributed by atoms with van der Waals surface area (Å²) in [5, 5.41) is 0. The largest absolute Gasteiger partial charge is 0.462 e. The first-order valence-corrected chi connectivity index (χ1v) is 27.5. The van der Waals surface area contributed by atoms with Gasteiger partial charge in [0.25, 0.3) is 0 Å². The molecule has 0 bridgehead atoms. The zero-order chi connectivity index (χ0) is 44.9. The van der Waals surface area contributed by atoms with Crippen LogP contribution in [-0.2, 0) is 23.8 Å². The lowest BCUT2D eigenvalue weighted by Gasteiger charge is -2.18. The molecule has 0 aliphatic carbocycles. The first-order chi connectivity index (χ1) is 30.6. The maximum atomic E-state index is 12.8. The molecule has 5 nitrogen and oxygen atoms in total. The number of carbonyl (C=O) groups is 2. The van der Waals surface area contributed by atoms with Crippen LogP contribution < -0.4 is 0 Å². The summed E-state index contributed by atoms with van der Waals surface area (Å²) in [6.07, 6.45) is 64.5. The highest BCUT2D eigenvalue weighted by Crippen LogP contribution is 2.16. The minimum Gasteiger partial charge on any atom is -0.462 e. The van der Waals surface area contributed by atoms with Gasteiger partial charge >= 0.3 is 11.9 Å². The van der Waals surface area contributed by atoms with Crippen molar-refractivity contribution in [3.05, 3.63) is 36.5 Å². The van der Waals surface area contributed by atoms with Gasteiger partial charge in [0, 0.05) is 19.4 Å². The van der Waals surface area contributed by atoms with Gasteiger partial charge in [0.15, 0.2) is 6.10 Å². The van der Waals surface area contributed by atoms with Gasteiger partial charge in [-0.1, -0.05) is 263 Å². The zero-order valence-corrected chi connectivity index (χ0v) is 41.9. The standard InChI is InChI=1S/C57H106O5/c1-4-7-10-13-16-19-22-24-26-28-29-30-31-33-36-38-41-44-47-50-56(58)61-54-55(62-57(59)51-48-45-42-39-35-21-18-15-12-9-6-3)53-60-52-49-46-43-40-37-34-32-27-25-23-20-17-14-11-8-5-2/h8,11,17,20,25,27,55H,4-7,9-10,12-16,18-19,21-24,26,28-54H2,1-3H3/b11-8-,20-17-,27-25-. The van der Waals surface area contributed by atoms with E-state index < -0.39 is 6.10 Å². The number of hydrogen-bond donors (Lipinski definition) is 0. The minimum absolute atomic E-state index is 0.0863. The normalized spacial score (nSPS) is 12.4. The van der Waals surface area contributed by atoms with Crippen LogP contribution in [0.15, 0.2) is 36.5 Å². The fourth-order valence-electron chi connectivity index (χ4n) is 8.12. The molecule has 0 fully saturated rings. The quantitative estimate of drug-likeness (QED) is 0.0346. The molecule has 1 atom stereocenters. The number of unbranched alkanes of at least 4 members (excludes halogenated alkanes) is 34. The van der Waals surface area contributed by atoms with Crippen LogP contribution >= 0.6 is 0 Å². The summed E-state index contributed by atoms with van der Waals surface area (Å²) >= 11 is 0. The average Bonchev–Trinajstić information content (AvgIpc) is 3.27. The molecule has 0 radical (unpaired) electrons. The fraction of sp³-hybridized carbons (Fsp3) is 0.860. The monoisotopic (exact) mass is 871 g/mol. The minimum atomic E-state index is -0.536. The van der Waals surface area contributed by atoms with Crippen LogP contribution in [0, 0.1) is 0 Å². The highest BCUT2D eigenvalue weighted by Gasteiger charge is 2.17. The molecule has 0 rings (SSSR count). The zero-order valence-electron chi connectivity index (χ0n) is 41.9. The first-order valence-electron chi connectivity index (χ1n) is 27.5. The molecule has 0 heterocycles. The Bertz CT molecular complexity index is 986. The molecule has 0 saturated heterocycles. The van der Waals surface area contributed by atoms with Crippen LogP contribution in [0.1, 0.15) is 290 Å². The van der Waals surface area contributed by atoms with Crippen LogP contribution in [0.2, 0.25) is 0 Å². The van der Waals surface area contributed by atoms with E-state index in [0.717, 1.165) is 64.2 Å². The highest BCUT2D eigenvalue weighted by molar-refractivity contribution is 5.70. The van der Waals surface area contributed by atoms with E-state index in [0.29, 0.717) is 19.4 Å². The van der Waals surface area contributed by atoms with E-state index in [2.05, 4.69) is 57.2 Å². The number of ether oxygens (including phenoxy) is 3. The van der Waals surface area contributed by atoms with Gasteiger partial charge in [0.2, 0.25) is 0 Å². The molecule has 0 aromatic carbocycles. The maximum Gasteiger partial charge on any atom is 0.306 e. The maximum absolute atomic E-state index is 12.8. The summed E-state index contributed by atoms with van der Waals surface area (Å²) in [5.41, 5.74) is 0. The predicted octanol–water partition coefficient (Wildman–Crippen LogP) is 18.6. The Morgan fingerprint density at radius 3 is 1.16 bits per heavy atom. The third kappa shape index (κ3) is 50.8. The number of rotatable bonds is 51. The summed E-state index contributed by atoms with van der Waals surface area (Å²) in [5.74, 6) is -0.387. The number of esters is 2. The molecule has 5 heteroatoms. The first kappa shape index (κ1) is 60.1. The van der Waals surface area contributed by atoms with Crippen LogP contribution in [0.5, 0.6) is 0 Å². The topological polar surface area (TPSA) is 61.8 Å². The Morgan fingerprint density at radius 2 is 0.726 bits per heavy atom. The molecule has 0 spiro atoms. The molecule has 62 heavy (non-hydrogen) atoms. The van der Waals surface area contributed by atoms with Crippen molar-refractivity contribution in [2.75, 3.05) is 19.8 Å². The van der Waals surface area contributed by atoms with Gasteiger partial charge in [-0.15, -0.1) is 0 Å². The van der Waals surface area contributed by atoms with E-state index in [1.807, 2.05) is 0 Å². The second kappa shape index (κ2) is 53.5. The Morgan fingerprint density at radius 1 is 0.371 bits per heavy atom. The number of hydrogen-bond acceptors (Lipinski definition) is 5. The Labute approximate surface area is 387 Å². The van der Waals surface area contributed by atoms with Crippen LogP contribution in [0.25, 0.3) is 0 Å². The molecule has 1 unspecified atom stereocenters. The fourth-order valence-corrected chi connectivity index (χ4v) is 8.12. The van der Waals surface area contributed by atoms with Gasteiger partial charge in [0.05, 0.1) is 6.61 Å². The van der Waals surface area contributed by atoms with Gasteiger partial charge in [-0.05, 0) is 51.4 Å². The summed E-state index contributed by atoms with van der Waals surface area (Å²) in [6.45, 7) is 7.74. The van der Waals surface area contributed by atoms with Crippen molar-refractivity contribution in [2.24, 2.45) is 0 Å². The van der Waals surface area contributed by atoms with E-state index in [-0.39, 0.29) is 25.2 Å². The van der Waals surface area contributed by atoms with E-state index in [1.54, 1.807) is 0 Å². The summed E-state index contributed by atoms with van der Waals surface area (Å²) < 4.78 is 17.4. The van der Waals surface area contributed by atoms with E-state index in [9.17, 15) is 9.59 Å². The molecule has 0 aliphatic rings. The lowest BCUT2D eigenvalue weighted by atomic mass is 10.0. The van der Waals surface area contributed by atoms with Gasteiger partial charge in [-0.2, -0.15) is 0 Å². The molecule has 0 aromatic rings. The average molecular weight is 871 g/mol. The lowest BCUT2D eigenvalue weighted by Crippen LogP contribution is -2.30. The Balaban J connectivity index is 4.18. The molecule has 0 aromatic heterocycles. The van der Waals surface area contributed by atoms with Crippen LogP contribution in [0.4, 0.5) is 0 Å². The van der Waals surface area contributed by atoms with Crippen molar-refractivity contribution in [1.29, 1.82) is 0 Å². The smallest absolute Gasteiger partial charge is 0.306 e. The lowest BCUT2D eigenvalue weighted by molar-refractivity contribution is -0.163. The second-order valence-electron chi connectivity index (χ2n) is 18.5. The summed E-state index contributed by atoms with van der Waals surface area (Å²) in [7, 11) is 0. The summed E-state index contributed by atoms with van der Waals surface area (Å²) in [4.78, 5) is 25.4. The predicted molar refractivity (Wildman–Crippen MR) is 270 cm³/mol. The van der Waals surface area contributed by atoms with Crippen molar-refractivity contribution in [3.8, 4) is 0 Å². The van der Waals surface area contributed by atoms with Crippen molar-refractivity contribution in [3.63, 3.8) is 0 Å². The number of carbonyl (C=O) groups excluding carboxylic acids is 2. The molecule has 0 aliphatic heterocycles. The van der Waals surface area contributed by atoms with Gasteiger partial charge in [0.1, 0.15) is 6.61 Å². The van der Waals surface area contributed by atoms with E-state index in [4.69, 9.17) is 14.2 Å². The molecular weight excluding hydrogens is 765 g/mol. The molecule has 0 amide bonds. The molecular formula is C57H106O5. The van der Waals surface area contributed by atoms with Crippen molar-refractivity contribution < 1.29 is 23.8 Å². The molecule has 364 valence electrons. The van der Waals surface area contributed by atoms with Crippen molar-refractivity contribution in [2.45, 2.75) is 297 Å². The third-order valence-corrected chi connectivity index (χ3v) is 12.2. The molecule has 0 saturated carbocycles. The van der Waals surface area contributed by atoms with Gasteiger partial charge in [-0.3, -0.25) is 9.59 Å². The number of allylic oxidation sites excluding steroid dienone is 6. The van der Waals surface area contributed by atoms with Crippen molar-refractivity contribution in [1.82, 2.24) is 0 Å². The van der Waals surface area contributed by atoms with E-state index in [1.165, 1.54) is 193 Å². The van der Waals surface area contributed by atoms with Crippen molar-refractivity contribution >= 4 is 11.9 Å². The van der Waals surface area contributed by atoms with Gasteiger partial charge in [-0.25, -0.2) is 0 Å².